The minimum absolute atomic E-state index is 1.09. The third-order valence-electron chi connectivity index (χ3n) is 1.34. The SMILES string of the molecule is CCSSSSSCc1ccccc1. The number of hydrogen-bond donors (Lipinski definition) is 0. The Bertz CT molecular complexity index is 226. The molecule has 0 aliphatic rings. The maximum absolute atomic E-state index is 2.18. The average Bonchev–Trinajstić information content (AvgIpc) is 2.25. The van der Waals surface area contributed by atoms with Crippen molar-refractivity contribution >= 4 is 51.1 Å². The first-order valence-electron chi connectivity index (χ1n) is 4.22. The molecule has 0 heterocycles. The van der Waals surface area contributed by atoms with E-state index in [-0.39, 0.29) is 0 Å². The van der Waals surface area contributed by atoms with Crippen LogP contribution in [0.5, 0.6) is 0 Å². The van der Waals surface area contributed by atoms with Gasteiger partial charge in [-0.15, -0.1) is 0 Å². The summed E-state index contributed by atoms with van der Waals surface area (Å²) in [4.78, 5) is 0. The first-order valence-corrected chi connectivity index (χ1v) is 10.7. The van der Waals surface area contributed by atoms with Gasteiger partial charge in [0.2, 0.25) is 0 Å². The van der Waals surface area contributed by atoms with E-state index in [0.717, 1.165) is 5.75 Å². The van der Waals surface area contributed by atoms with E-state index in [9.17, 15) is 0 Å². The molecule has 1 aromatic carbocycles. The van der Waals surface area contributed by atoms with Gasteiger partial charge in [-0.3, -0.25) is 0 Å². The molecule has 0 nitrogen and oxygen atoms in total. The average molecular weight is 281 g/mol. The molecule has 0 N–H and O–H groups in total. The lowest BCUT2D eigenvalue weighted by Crippen LogP contribution is -1.74. The Morgan fingerprint density at radius 3 is 2.36 bits per heavy atom. The molecule has 0 amide bonds. The summed E-state index contributed by atoms with van der Waals surface area (Å²) >= 11 is 0. The van der Waals surface area contributed by atoms with Crippen molar-refractivity contribution < 1.29 is 0 Å². The van der Waals surface area contributed by atoms with Gasteiger partial charge >= 0.3 is 0 Å². The van der Waals surface area contributed by atoms with Crippen molar-refractivity contribution in [2.75, 3.05) is 5.75 Å². The molecular weight excluding hydrogens is 268 g/mol. The second kappa shape index (κ2) is 9.21. The summed E-state index contributed by atoms with van der Waals surface area (Å²) in [6.07, 6.45) is 0. The molecule has 0 saturated carbocycles. The van der Waals surface area contributed by atoms with Crippen LogP contribution >= 0.6 is 51.1 Å². The minimum Gasteiger partial charge on any atom is -0.0820 e. The second-order valence-corrected chi connectivity index (χ2v) is 10.4. The number of benzene rings is 1. The fourth-order valence-corrected chi connectivity index (χ4v) is 9.27. The summed E-state index contributed by atoms with van der Waals surface area (Å²) in [6, 6.07) is 10.6. The largest absolute Gasteiger partial charge is 0.0820 e. The van der Waals surface area contributed by atoms with Gasteiger partial charge in [0.05, 0.1) is 0 Å². The number of rotatable bonds is 7. The maximum atomic E-state index is 2.18. The topological polar surface area (TPSA) is 0 Å². The van der Waals surface area contributed by atoms with Gasteiger partial charge in [0, 0.05) is 11.5 Å². The molecule has 5 heteroatoms. The van der Waals surface area contributed by atoms with Crippen LogP contribution < -0.4 is 0 Å². The molecule has 0 saturated heterocycles. The van der Waals surface area contributed by atoms with Crippen LogP contribution in [0.3, 0.4) is 0 Å². The van der Waals surface area contributed by atoms with Crippen molar-refractivity contribution in [3.8, 4) is 0 Å². The molecule has 0 radical (unpaired) electrons. The van der Waals surface area contributed by atoms with Gasteiger partial charge in [-0.05, 0) is 35.0 Å². The Hall–Kier alpha value is 0.970. The molecular formula is C9H12S5. The van der Waals surface area contributed by atoms with E-state index >= 15 is 0 Å². The van der Waals surface area contributed by atoms with Crippen LogP contribution in [0.15, 0.2) is 30.3 Å². The van der Waals surface area contributed by atoms with Crippen molar-refractivity contribution in [2.45, 2.75) is 12.7 Å². The molecule has 0 fully saturated rings. The van der Waals surface area contributed by atoms with Gasteiger partial charge in [0.1, 0.15) is 0 Å². The molecule has 78 valence electrons. The smallest absolute Gasteiger partial charge is 0.0297 e. The standard InChI is InChI=1S/C9H12S5/c1-2-10-12-14-13-11-8-9-6-4-3-5-7-9/h3-7H,2,8H2,1H3. The fourth-order valence-electron chi connectivity index (χ4n) is 0.765. The lowest BCUT2D eigenvalue weighted by molar-refractivity contribution is 1.43. The Labute approximate surface area is 105 Å². The monoisotopic (exact) mass is 280 g/mol. The normalized spacial score (nSPS) is 10.4. The van der Waals surface area contributed by atoms with E-state index in [1.807, 2.05) is 51.1 Å². The Morgan fingerprint density at radius 1 is 0.929 bits per heavy atom. The quantitative estimate of drug-likeness (QED) is 0.474. The highest BCUT2D eigenvalue weighted by molar-refractivity contribution is 9.35. The highest BCUT2D eigenvalue weighted by atomic mass is 33.8. The van der Waals surface area contributed by atoms with Crippen LogP contribution in [0.25, 0.3) is 0 Å². The third-order valence-corrected chi connectivity index (χ3v) is 10.0. The van der Waals surface area contributed by atoms with Crippen LogP contribution in [0.4, 0.5) is 0 Å². The zero-order valence-corrected chi connectivity index (χ0v) is 11.9. The van der Waals surface area contributed by atoms with Gasteiger partial charge < -0.3 is 0 Å². The second-order valence-electron chi connectivity index (χ2n) is 2.36. The van der Waals surface area contributed by atoms with Crippen molar-refractivity contribution in [2.24, 2.45) is 0 Å². The third kappa shape index (κ3) is 6.45. The Balaban J connectivity index is 1.99. The van der Waals surface area contributed by atoms with E-state index in [4.69, 9.17) is 0 Å². The summed E-state index contributed by atoms with van der Waals surface area (Å²) in [7, 11) is 9.39. The maximum Gasteiger partial charge on any atom is 0.0297 e. The van der Waals surface area contributed by atoms with Crippen LogP contribution in [-0.2, 0) is 5.75 Å². The summed E-state index contributed by atoms with van der Waals surface area (Å²) in [6.45, 7) is 2.18. The first kappa shape index (κ1) is 13.0. The summed E-state index contributed by atoms with van der Waals surface area (Å²) in [5.41, 5.74) is 1.40. The van der Waals surface area contributed by atoms with Gasteiger partial charge in [0.15, 0.2) is 0 Å². The summed E-state index contributed by atoms with van der Waals surface area (Å²) < 4.78 is 0. The molecule has 0 unspecified atom stereocenters. The number of hydrogen-bond acceptors (Lipinski definition) is 5. The minimum atomic E-state index is 1.09. The predicted molar refractivity (Wildman–Crippen MR) is 78.6 cm³/mol. The molecule has 14 heavy (non-hydrogen) atoms. The van der Waals surface area contributed by atoms with Crippen LogP contribution in [0, 0.1) is 0 Å². The lowest BCUT2D eigenvalue weighted by atomic mass is 10.2. The van der Waals surface area contributed by atoms with Crippen molar-refractivity contribution in [3.63, 3.8) is 0 Å². The van der Waals surface area contributed by atoms with Crippen LogP contribution in [0.1, 0.15) is 12.5 Å². The van der Waals surface area contributed by atoms with E-state index in [1.165, 1.54) is 11.3 Å². The van der Waals surface area contributed by atoms with Crippen LogP contribution in [0.2, 0.25) is 0 Å². The predicted octanol–water partition coefficient (Wildman–Crippen LogP) is 5.53. The van der Waals surface area contributed by atoms with E-state index < -0.39 is 0 Å². The van der Waals surface area contributed by atoms with Gasteiger partial charge in [0.25, 0.3) is 0 Å². The molecule has 0 aliphatic heterocycles. The summed E-state index contributed by atoms with van der Waals surface area (Å²) in [5, 5.41) is 0. The molecule has 1 rings (SSSR count). The molecule has 1 aromatic rings. The van der Waals surface area contributed by atoms with Crippen molar-refractivity contribution in [1.29, 1.82) is 0 Å². The lowest BCUT2D eigenvalue weighted by Gasteiger charge is -1.99. The Kier molecular flexibility index (Phi) is 8.58. The van der Waals surface area contributed by atoms with Gasteiger partial charge in [-0.2, -0.15) is 0 Å². The highest BCUT2D eigenvalue weighted by Crippen LogP contribution is 2.49. The van der Waals surface area contributed by atoms with Gasteiger partial charge in [-0.25, -0.2) is 0 Å². The Morgan fingerprint density at radius 2 is 1.64 bits per heavy atom. The zero-order chi connectivity index (χ0) is 10.1. The zero-order valence-electron chi connectivity index (χ0n) is 7.84. The first-order chi connectivity index (χ1) is 6.93. The van der Waals surface area contributed by atoms with E-state index in [1.54, 1.807) is 0 Å². The van der Waals surface area contributed by atoms with Gasteiger partial charge in [-0.1, -0.05) is 58.8 Å². The summed E-state index contributed by atoms with van der Waals surface area (Å²) in [5.74, 6) is 2.28. The fraction of sp³-hybridized carbons (Fsp3) is 0.333. The van der Waals surface area contributed by atoms with Crippen molar-refractivity contribution in [3.05, 3.63) is 35.9 Å². The molecule has 0 aromatic heterocycles. The molecule has 0 bridgehead atoms. The molecule has 0 atom stereocenters. The van der Waals surface area contributed by atoms with Crippen LogP contribution in [-0.4, -0.2) is 5.75 Å². The van der Waals surface area contributed by atoms with E-state index in [0.29, 0.717) is 0 Å². The highest BCUT2D eigenvalue weighted by Gasteiger charge is 1.94. The molecule has 0 aliphatic carbocycles. The van der Waals surface area contributed by atoms with Crippen molar-refractivity contribution in [1.82, 2.24) is 0 Å². The molecule has 0 spiro atoms. The van der Waals surface area contributed by atoms with E-state index in [2.05, 4.69) is 37.3 Å².